The maximum atomic E-state index is 13.2. The van der Waals surface area contributed by atoms with E-state index in [1.54, 1.807) is 29.7 Å². The topological polar surface area (TPSA) is 73.2 Å². The number of thioether (sulfide) groups is 1. The Morgan fingerprint density at radius 2 is 2.16 bits per heavy atom. The molecule has 3 aromatic rings. The lowest BCUT2D eigenvalue weighted by Gasteiger charge is -2.19. The Labute approximate surface area is 190 Å². The summed E-state index contributed by atoms with van der Waals surface area (Å²) < 4.78 is 7.40. The Balaban J connectivity index is 1.62. The van der Waals surface area contributed by atoms with E-state index in [0.717, 1.165) is 18.4 Å². The molecule has 0 spiro atoms. The highest BCUT2D eigenvalue weighted by Gasteiger charge is 2.23. The molecule has 2 heterocycles. The lowest BCUT2D eigenvalue weighted by molar-refractivity contribution is -0.115. The number of ether oxygens (including phenoxy) is 1. The monoisotopic (exact) mass is 457 g/mol. The van der Waals surface area contributed by atoms with E-state index in [4.69, 9.17) is 21.3 Å². The van der Waals surface area contributed by atoms with E-state index in [-0.39, 0.29) is 17.6 Å². The third-order valence-electron chi connectivity index (χ3n) is 5.35. The number of nitrogens with zero attached hydrogens (tertiary/aromatic N) is 2. The Hall–Kier alpha value is -2.35. The van der Waals surface area contributed by atoms with Crippen LogP contribution in [0.2, 0.25) is 5.02 Å². The van der Waals surface area contributed by atoms with Crippen LogP contribution in [0.25, 0.3) is 10.9 Å². The number of rotatable bonds is 6. The van der Waals surface area contributed by atoms with E-state index in [1.165, 1.54) is 11.8 Å². The molecule has 31 heavy (non-hydrogen) atoms. The molecule has 1 amide bonds. The van der Waals surface area contributed by atoms with Crippen LogP contribution < -0.4 is 10.9 Å². The minimum Gasteiger partial charge on any atom is -0.376 e. The minimum atomic E-state index is -0.470. The van der Waals surface area contributed by atoms with Gasteiger partial charge in [-0.3, -0.25) is 14.2 Å². The molecule has 1 aromatic heterocycles. The standard InChI is InChI=1S/C23H24ClN3O3S/c1-14-9-10-16(24)12-20(14)25-21(28)15(2)31-23-26-19-8-4-3-7-18(19)22(29)27(23)13-17-6-5-11-30-17/h3-4,7-10,12,15,17H,5-6,11,13H2,1-2H3,(H,25,28). The first-order chi connectivity index (χ1) is 14.9. The number of benzene rings is 2. The van der Waals surface area contributed by atoms with E-state index in [9.17, 15) is 9.59 Å². The van der Waals surface area contributed by atoms with Crippen LogP contribution in [0.5, 0.6) is 0 Å². The average Bonchev–Trinajstić information content (AvgIpc) is 3.26. The Kier molecular flexibility index (Phi) is 6.65. The second kappa shape index (κ2) is 9.42. The molecule has 0 saturated carbocycles. The van der Waals surface area contributed by atoms with E-state index in [2.05, 4.69) is 5.32 Å². The summed E-state index contributed by atoms with van der Waals surface area (Å²) in [5.41, 5.74) is 2.11. The van der Waals surface area contributed by atoms with Gasteiger partial charge in [-0.05, 0) is 56.5 Å². The molecule has 1 aliphatic heterocycles. The van der Waals surface area contributed by atoms with Crippen LogP contribution >= 0.6 is 23.4 Å². The molecule has 4 rings (SSSR count). The van der Waals surface area contributed by atoms with Crippen molar-refractivity contribution in [1.82, 2.24) is 9.55 Å². The van der Waals surface area contributed by atoms with Gasteiger partial charge in [0.2, 0.25) is 5.91 Å². The number of aryl methyl sites for hydroxylation is 1. The van der Waals surface area contributed by atoms with Crippen molar-refractivity contribution < 1.29 is 9.53 Å². The van der Waals surface area contributed by atoms with Gasteiger partial charge in [0, 0.05) is 17.3 Å². The second-order valence-electron chi connectivity index (χ2n) is 7.67. The number of carbonyl (C=O) groups excluding carboxylic acids is 1. The summed E-state index contributed by atoms with van der Waals surface area (Å²) in [5.74, 6) is -0.179. The molecule has 1 fully saturated rings. The zero-order valence-corrected chi connectivity index (χ0v) is 19.0. The second-order valence-corrected chi connectivity index (χ2v) is 9.42. The number of nitrogens with one attached hydrogen (secondary N) is 1. The Bertz CT molecular complexity index is 1170. The van der Waals surface area contributed by atoms with Crippen molar-refractivity contribution in [3.8, 4) is 0 Å². The summed E-state index contributed by atoms with van der Waals surface area (Å²) in [5, 5.41) is 4.10. The van der Waals surface area contributed by atoms with Crippen molar-refractivity contribution in [1.29, 1.82) is 0 Å². The lowest BCUT2D eigenvalue weighted by atomic mass is 10.2. The minimum absolute atomic E-state index is 0.0155. The molecule has 6 nitrogen and oxygen atoms in total. The summed E-state index contributed by atoms with van der Waals surface area (Å²) in [6, 6.07) is 12.7. The maximum Gasteiger partial charge on any atom is 0.262 e. The summed E-state index contributed by atoms with van der Waals surface area (Å²) in [6.45, 7) is 4.85. The number of para-hydroxylation sites is 1. The van der Waals surface area contributed by atoms with Gasteiger partial charge in [0.25, 0.3) is 5.56 Å². The summed E-state index contributed by atoms with van der Waals surface area (Å²) in [4.78, 5) is 30.8. The third kappa shape index (κ3) is 4.95. The molecule has 0 aliphatic carbocycles. The molecule has 1 saturated heterocycles. The number of hydrogen-bond acceptors (Lipinski definition) is 5. The zero-order chi connectivity index (χ0) is 22.0. The van der Waals surface area contributed by atoms with E-state index >= 15 is 0 Å². The molecule has 8 heteroatoms. The van der Waals surface area contributed by atoms with Crippen molar-refractivity contribution in [2.75, 3.05) is 11.9 Å². The van der Waals surface area contributed by atoms with Gasteiger partial charge in [0.05, 0.1) is 28.8 Å². The fourth-order valence-electron chi connectivity index (χ4n) is 3.57. The fraction of sp³-hybridized carbons (Fsp3) is 0.348. The highest BCUT2D eigenvalue weighted by atomic mass is 35.5. The van der Waals surface area contributed by atoms with Crippen molar-refractivity contribution in [3.05, 3.63) is 63.4 Å². The highest BCUT2D eigenvalue weighted by molar-refractivity contribution is 8.00. The zero-order valence-electron chi connectivity index (χ0n) is 17.4. The quantitative estimate of drug-likeness (QED) is 0.430. The van der Waals surface area contributed by atoms with E-state index < -0.39 is 5.25 Å². The molecular weight excluding hydrogens is 434 g/mol. The maximum absolute atomic E-state index is 13.2. The molecule has 2 aromatic carbocycles. The molecule has 162 valence electrons. The van der Waals surface area contributed by atoms with Gasteiger partial charge < -0.3 is 10.1 Å². The molecule has 0 bridgehead atoms. The van der Waals surface area contributed by atoms with Crippen LogP contribution in [0, 0.1) is 6.92 Å². The molecule has 2 atom stereocenters. The number of anilines is 1. The van der Waals surface area contributed by atoms with Gasteiger partial charge in [0.15, 0.2) is 5.16 Å². The van der Waals surface area contributed by atoms with Crippen LogP contribution in [0.1, 0.15) is 25.3 Å². The molecule has 1 aliphatic rings. The smallest absolute Gasteiger partial charge is 0.262 e. The number of amides is 1. The molecule has 0 radical (unpaired) electrons. The normalized spacial score (nSPS) is 17.1. The van der Waals surface area contributed by atoms with E-state index in [0.29, 0.717) is 39.9 Å². The number of hydrogen-bond donors (Lipinski definition) is 1. The summed E-state index contributed by atoms with van der Waals surface area (Å²) in [7, 11) is 0. The van der Waals surface area contributed by atoms with Crippen LogP contribution in [0.3, 0.4) is 0 Å². The van der Waals surface area contributed by atoms with Crippen molar-refractivity contribution >= 4 is 45.9 Å². The van der Waals surface area contributed by atoms with Crippen LogP contribution in [0.4, 0.5) is 5.69 Å². The first-order valence-electron chi connectivity index (χ1n) is 10.3. The van der Waals surface area contributed by atoms with E-state index in [1.807, 2.05) is 31.2 Å². The predicted octanol–water partition coefficient (Wildman–Crippen LogP) is 4.66. The predicted molar refractivity (Wildman–Crippen MR) is 125 cm³/mol. The van der Waals surface area contributed by atoms with Crippen LogP contribution in [0.15, 0.2) is 52.4 Å². The first-order valence-corrected chi connectivity index (χ1v) is 11.5. The first kappa shape index (κ1) is 21.9. The Morgan fingerprint density at radius 1 is 1.35 bits per heavy atom. The summed E-state index contributed by atoms with van der Waals surface area (Å²) >= 11 is 7.34. The molecule has 2 unspecified atom stereocenters. The van der Waals surface area contributed by atoms with Gasteiger partial charge in [-0.15, -0.1) is 0 Å². The molecule has 1 N–H and O–H groups in total. The average molecular weight is 458 g/mol. The van der Waals surface area contributed by atoms with Gasteiger partial charge in [0.1, 0.15) is 0 Å². The van der Waals surface area contributed by atoms with Gasteiger partial charge in [-0.1, -0.05) is 41.6 Å². The SMILES string of the molecule is Cc1ccc(Cl)cc1NC(=O)C(C)Sc1nc2ccccc2c(=O)n1CC1CCCO1. The van der Waals surface area contributed by atoms with Gasteiger partial charge in [-0.2, -0.15) is 0 Å². The number of carbonyl (C=O) groups is 1. The van der Waals surface area contributed by atoms with Crippen LogP contribution in [-0.2, 0) is 16.1 Å². The van der Waals surface area contributed by atoms with Crippen molar-refractivity contribution in [2.24, 2.45) is 0 Å². The highest BCUT2D eigenvalue weighted by Crippen LogP contribution is 2.26. The Morgan fingerprint density at radius 3 is 2.94 bits per heavy atom. The third-order valence-corrected chi connectivity index (χ3v) is 6.67. The number of halogens is 1. The number of aromatic nitrogens is 2. The van der Waals surface area contributed by atoms with Crippen molar-refractivity contribution in [2.45, 2.75) is 49.7 Å². The lowest BCUT2D eigenvalue weighted by Crippen LogP contribution is -2.30. The fourth-order valence-corrected chi connectivity index (χ4v) is 4.66. The van der Waals surface area contributed by atoms with Gasteiger partial charge >= 0.3 is 0 Å². The van der Waals surface area contributed by atoms with Gasteiger partial charge in [-0.25, -0.2) is 4.98 Å². The number of fused-ring (bicyclic) bond motifs is 1. The van der Waals surface area contributed by atoms with Crippen LogP contribution in [-0.4, -0.2) is 33.4 Å². The largest absolute Gasteiger partial charge is 0.376 e. The molecular formula is C23H24ClN3O3S. The van der Waals surface area contributed by atoms with Crippen molar-refractivity contribution in [3.63, 3.8) is 0 Å². The summed E-state index contributed by atoms with van der Waals surface area (Å²) in [6.07, 6.45) is 1.88.